The standard InChI is InChI=1S/C15H21N3O5S/c1-4-5-14-17-15(23-18-14)12-10-11(6-7-13(12)22-3)24(19,20)16-8-9-21-2/h6-7,10,16H,4-5,8-9H2,1-3H3. The zero-order chi connectivity index (χ0) is 17.6. The van der Waals surface area contributed by atoms with E-state index < -0.39 is 10.0 Å². The molecule has 0 atom stereocenters. The van der Waals surface area contributed by atoms with Crippen LogP contribution in [0.3, 0.4) is 0 Å². The average molecular weight is 355 g/mol. The number of aromatic nitrogens is 2. The lowest BCUT2D eigenvalue weighted by atomic mass is 10.2. The molecule has 132 valence electrons. The summed E-state index contributed by atoms with van der Waals surface area (Å²) in [7, 11) is -0.670. The minimum atomic E-state index is -3.67. The van der Waals surface area contributed by atoms with E-state index in [4.69, 9.17) is 14.0 Å². The van der Waals surface area contributed by atoms with E-state index in [9.17, 15) is 8.42 Å². The summed E-state index contributed by atoms with van der Waals surface area (Å²) in [6, 6.07) is 4.47. The molecule has 0 radical (unpaired) electrons. The van der Waals surface area contributed by atoms with Crippen molar-refractivity contribution >= 4 is 10.0 Å². The summed E-state index contributed by atoms with van der Waals surface area (Å²) in [5, 5.41) is 3.89. The summed E-state index contributed by atoms with van der Waals surface area (Å²) >= 11 is 0. The highest BCUT2D eigenvalue weighted by molar-refractivity contribution is 7.89. The predicted molar refractivity (Wildman–Crippen MR) is 87.3 cm³/mol. The summed E-state index contributed by atoms with van der Waals surface area (Å²) in [5.41, 5.74) is 0.432. The highest BCUT2D eigenvalue weighted by Gasteiger charge is 2.20. The zero-order valence-electron chi connectivity index (χ0n) is 13.9. The number of hydrogen-bond acceptors (Lipinski definition) is 7. The molecule has 0 spiro atoms. The van der Waals surface area contributed by atoms with E-state index in [0.29, 0.717) is 23.6 Å². The first-order valence-corrected chi connectivity index (χ1v) is 8.99. The number of benzene rings is 1. The summed E-state index contributed by atoms with van der Waals surface area (Å²) in [5.74, 6) is 1.25. The Morgan fingerprint density at radius 2 is 2.08 bits per heavy atom. The number of sulfonamides is 1. The third-order valence-corrected chi connectivity index (χ3v) is 4.71. The van der Waals surface area contributed by atoms with Crippen molar-refractivity contribution in [3.05, 3.63) is 24.0 Å². The number of rotatable bonds is 9. The van der Waals surface area contributed by atoms with Gasteiger partial charge in [-0.2, -0.15) is 4.98 Å². The van der Waals surface area contributed by atoms with Crippen molar-refractivity contribution < 1.29 is 22.4 Å². The molecule has 1 aromatic heterocycles. The smallest absolute Gasteiger partial charge is 0.261 e. The molecule has 0 unspecified atom stereocenters. The van der Waals surface area contributed by atoms with Gasteiger partial charge in [0, 0.05) is 20.1 Å². The highest BCUT2D eigenvalue weighted by atomic mass is 32.2. The third kappa shape index (κ3) is 4.31. The Morgan fingerprint density at radius 1 is 1.29 bits per heavy atom. The Bertz CT molecular complexity index is 773. The molecule has 9 heteroatoms. The zero-order valence-corrected chi connectivity index (χ0v) is 14.7. The molecule has 1 aromatic carbocycles. The quantitative estimate of drug-likeness (QED) is 0.682. The van der Waals surface area contributed by atoms with E-state index in [1.165, 1.54) is 26.4 Å². The SMILES string of the molecule is CCCc1noc(-c2cc(S(=O)(=O)NCCOC)ccc2OC)n1. The van der Waals surface area contributed by atoms with Crippen molar-refractivity contribution in [3.8, 4) is 17.2 Å². The lowest BCUT2D eigenvalue weighted by Crippen LogP contribution is -2.27. The topological polar surface area (TPSA) is 104 Å². The maximum Gasteiger partial charge on any atom is 0.261 e. The maximum absolute atomic E-state index is 12.3. The molecular formula is C15H21N3O5S. The molecule has 0 bridgehead atoms. The fourth-order valence-electron chi connectivity index (χ4n) is 2.07. The van der Waals surface area contributed by atoms with Gasteiger partial charge in [-0.1, -0.05) is 12.1 Å². The van der Waals surface area contributed by atoms with Gasteiger partial charge in [-0.05, 0) is 24.6 Å². The molecule has 0 aliphatic carbocycles. The van der Waals surface area contributed by atoms with Crippen molar-refractivity contribution in [2.75, 3.05) is 27.4 Å². The van der Waals surface area contributed by atoms with Crippen LogP contribution < -0.4 is 9.46 Å². The van der Waals surface area contributed by atoms with Gasteiger partial charge in [0.15, 0.2) is 5.82 Å². The molecule has 0 aliphatic rings. The van der Waals surface area contributed by atoms with Gasteiger partial charge in [-0.15, -0.1) is 0 Å². The van der Waals surface area contributed by atoms with Crippen molar-refractivity contribution in [1.29, 1.82) is 0 Å². The predicted octanol–water partition coefficient (Wildman–Crippen LogP) is 1.62. The lowest BCUT2D eigenvalue weighted by Gasteiger charge is -2.09. The van der Waals surface area contributed by atoms with Crippen LogP contribution in [-0.2, 0) is 21.2 Å². The van der Waals surface area contributed by atoms with Crippen LogP contribution in [0.2, 0.25) is 0 Å². The molecule has 2 rings (SSSR count). The minimum Gasteiger partial charge on any atom is -0.496 e. The van der Waals surface area contributed by atoms with Crippen molar-refractivity contribution in [3.63, 3.8) is 0 Å². The fraction of sp³-hybridized carbons (Fsp3) is 0.467. The molecule has 0 saturated heterocycles. The lowest BCUT2D eigenvalue weighted by molar-refractivity contribution is 0.204. The number of methoxy groups -OCH3 is 2. The number of nitrogens with zero attached hydrogens (tertiary/aromatic N) is 2. The van der Waals surface area contributed by atoms with Gasteiger partial charge in [0.2, 0.25) is 10.0 Å². The van der Waals surface area contributed by atoms with Crippen LogP contribution in [0.1, 0.15) is 19.2 Å². The van der Waals surface area contributed by atoms with Crippen LogP contribution in [0.5, 0.6) is 5.75 Å². The largest absolute Gasteiger partial charge is 0.496 e. The molecule has 1 N–H and O–H groups in total. The molecular weight excluding hydrogens is 334 g/mol. The van der Waals surface area contributed by atoms with Gasteiger partial charge in [0.05, 0.1) is 24.2 Å². The van der Waals surface area contributed by atoms with E-state index >= 15 is 0 Å². The Morgan fingerprint density at radius 3 is 2.75 bits per heavy atom. The van der Waals surface area contributed by atoms with Crippen LogP contribution in [0.25, 0.3) is 11.5 Å². The van der Waals surface area contributed by atoms with Gasteiger partial charge in [0.1, 0.15) is 5.75 Å². The fourth-order valence-corrected chi connectivity index (χ4v) is 3.11. The molecule has 0 aliphatic heterocycles. The Balaban J connectivity index is 2.36. The first kappa shape index (κ1) is 18.4. The van der Waals surface area contributed by atoms with E-state index in [1.807, 2.05) is 6.92 Å². The summed E-state index contributed by atoms with van der Waals surface area (Å²) in [6.07, 6.45) is 1.57. The normalized spacial score (nSPS) is 11.6. The van der Waals surface area contributed by atoms with Gasteiger partial charge in [0.25, 0.3) is 5.89 Å². The number of nitrogens with one attached hydrogen (secondary N) is 1. The van der Waals surface area contributed by atoms with Crippen LogP contribution in [0.15, 0.2) is 27.6 Å². The second-order valence-corrected chi connectivity index (χ2v) is 6.79. The minimum absolute atomic E-state index is 0.0876. The Labute approximate surface area is 141 Å². The van der Waals surface area contributed by atoms with Gasteiger partial charge >= 0.3 is 0 Å². The van der Waals surface area contributed by atoms with E-state index in [-0.39, 0.29) is 23.9 Å². The van der Waals surface area contributed by atoms with Crippen LogP contribution in [-0.4, -0.2) is 45.9 Å². The maximum atomic E-state index is 12.3. The number of ether oxygens (including phenoxy) is 2. The van der Waals surface area contributed by atoms with E-state index in [1.54, 1.807) is 6.07 Å². The Hall–Kier alpha value is -1.97. The summed E-state index contributed by atoms with van der Waals surface area (Å²) < 4.78 is 42.5. The second-order valence-electron chi connectivity index (χ2n) is 5.02. The Kier molecular flexibility index (Phi) is 6.29. The molecule has 24 heavy (non-hydrogen) atoms. The molecule has 0 fully saturated rings. The monoisotopic (exact) mass is 355 g/mol. The molecule has 2 aromatic rings. The van der Waals surface area contributed by atoms with E-state index in [2.05, 4.69) is 14.9 Å². The molecule has 8 nitrogen and oxygen atoms in total. The van der Waals surface area contributed by atoms with Crippen LogP contribution >= 0.6 is 0 Å². The first-order valence-electron chi connectivity index (χ1n) is 7.51. The molecule has 0 amide bonds. The van der Waals surface area contributed by atoms with Crippen molar-refractivity contribution in [2.24, 2.45) is 0 Å². The van der Waals surface area contributed by atoms with E-state index in [0.717, 1.165) is 6.42 Å². The average Bonchev–Trinajstić information content (AvgIpc) is 3.03. The first-order chi connectivity index (χ1) is 11.5. The second kappa shape index (κ2) is 8.22. The highest BCUT2D eigenvalue weighted by Crippen LogP contribution is 2.31. The van der Waals surface area contributed by atoms with Gasteiger partial charge in [-0.3, -0.25) is 0 Å². The van der Waals surface area contributed by atoms with Crippen molar-refractivity contribution in [2.45, 2.75) is 24.7 Å². The summed E-state index contributed by atoms with van der Waals surface area (Å²) in [4.78, 5) is 4.37. The van der Waals surface area contributed by atoms with Crippen LogP contribution in [0, 0.1) is 0 Å². The molecule has 1 heterocycles. The summed E-state index contributed by atoms with van der Waals surface area (Å²) in [6.45, 7) is 2.48. The van der Waals surface area contributed by atoms with Crippen LogP contribution in [0.4, 0.5) is 0 Å². The number of aryl methyl sites for hydroxylation is 1. The number of hydrogen-bond donors (Lipinski definition) is 1. The van der Waals surface area contributed by atoms with Gasteiger partial charge < -0.3 is 14.0 Å². The molecule has 0 saturated carbocycles. The van der Waals surface area contributed by atoms with Crippen molar-refractivity contribution in [1.82, 2.24) is 14.9 Å². The van der Waals surface area contributed by atoms with Gasteiger partial charge in [-0.25, -0.2) is 13.1 Å². The third-order valence-electron chi connectivity index (χ3n) is 3.25.